The van der Waals surface area contributed by atoms with Crippen LogP contribution in [-0.4, -0.2) is 82.7 Å². The Kier molecular flexibility index (Phi) is 12.5. The summed E-state index contributed by atoms with van der Waals surface area (Å²) in [5, 5.41) is 35.0. The largest absolute Gasteiger partial charge is 0.481 e. The van der Waals surface area contributed by atoms with Crippen molar-refractivity contribution in [1.82, 2.24) is 10.6 Å². The third-order valence-electron chi connectivity index (χ3n) is 10.4. The first-order chi connectivity index (χ1) is 20.9. The van der Waals surface area contributed by atoms with E-state index < -0.39 is 41.7 Å². The number of carbonyl (C=O) groups is 4. The molecule has 4 saturated carbocycles. The molecule has 0 saturated heterocycles. The summed E-state index contributed by atoms with van der Waals surface area (Å²) >= 11 is 0. The SMILES string of the molecule is CC(C)(COC1CCC(NC(=O)C2CCCCC2C(=O)O)CC1)COC1CCC(NC(=O)C2CCC(O)CC2C(=O)O)CC1. The zero-order valence-electron chi connectivity index (χ0n) is 26.5. The van der Waals surface area contributed by atoms with Crippen LogP contribution in [-0.2, 0) is 28.7 Å². The highest BCUT2D eigenvalue weighted by atomic mass is 16.5. The molecule has 5 unspecified atom stereocenters. The molecule has 4 aliphatic rings. The summed E-state index contributed by atoms with van der Waals surface area (Å²) in [5.74, 6) is -4.61. The number of nitrogens with one attached hydrogen (secondary N) is 2. The highest BCUT2D eigenvalue weighted by molar-refractivity contribution is 5.85. The second-order valence-electron chi connectivity index (χ2n) is 14.6. The average molecular weight is 623 g/mol. The summed E-state index contributed by atoms with van der Waals surface area (Å²) in [6, 6.07) is 0.0882. The Bertz CT molecular complexity index is 988. The van der Waals surface area contributed by atoms with E-state index in [-0.39, 0.29) is 47.9 Å². The molecule has 0 aromatic rings. The van der Waals surface area contributed by atoms with Crippen molar-refractivity contribution >= 4 is 23.8 Å². The molecule has 11 heteroatoms. The van der Waals surface area contributed by atoms with Gasteiger partial charge in [0.15, 0.2) is 0 Å². The van der Waals surface area contributed by atoms with Crippen molar-refractivity contribution in [2.24, 2.45) is 29.1 Å². The fourth-order valence-corrected chi connectivity index (χ4v) is 7.57. The van der Waals surface area contributed by atoms with Gasteiger partial charge in [-0.1, -0.05) is 26.7 Å². The molecule has 0 aliphatic heterocycles. The van der Waals surface area contributed by atoms with E-state index in [4.69, 9.17) is 9.47 Å². The molecule has 0 heterocycles. The Morgan fingerprint density at radius 2 is 1.05 bits per heavy atom. The minimum Gasteiger partial charge on any atom is -0.481 e. The maximum atomic E-state index is 12.9. The number of carboxylic acid groups (broad SMARTS) is 2. The van der Waals surface area contributed by atoms with Crippen LogP contribution < -0.4 is 10.6 Å². The number of amides is 2. The molecule has 5 N–H and O–H groups in total. The molecule has 44 heavy (non-hydrogen) atoms. The quantitative estimate of drug-likeness (QED) is 0.218. The molecule has 4 fully saturated rings. The van der Waals surface area contributed by atoms with E-state index in [0.717, 1.165) is 64.2 Å². The standard InChI is InChI=1S/C33H54N2O9/c1-33(2,18-43-23-12-7-20(8-13-23)34-29(37)25-5-3-4-6-27(25)31(39)40)19-44-24-14-9-21(10-15-24)35-30(38)26-16-11-22(36)17-28(26)32(41)42/h20-28,36H,3-19H2,1-2H3,(H,34,37)(H,35,38)(H,39,40)(H,41,42). The zero-order chi connectivity index (χ0) is 31.9. The van der Waals surface area contributed by atoms with Crippen LogP contribution in [0.2, 0.25) is 0 Å². The Hall–Kier alpha value is -2.24. The first kappa shape index (κ1) is 34.6. The third kappa shape index (κ3) is 9.88. The highest BCUT2D eigenvalue weighted by Gasteiger charge is 2.40. The number of carbonyl (C=O) groups excluding carboxylic acids is 2. The van der Waals surface area contributed by atoms with Crippen LogP contribution in [0, 0.1) is 29.1 Å². The van der Waals surface area contributed by atoms with Gasteiger partial charge in [-0.25, -0.2) is 0 Å². The van der Waals surface area contributed by atoms with Crippen molar-refractivity contribution in [2.45, 2.75) is 141 Å². The summed E-state index contributed by atoms with van der Waals surface area (Å²) in [6.07, 6.45) is 10.2. The normalized spacial score (nSPS) is 34.9. The molecule has 11 nitrogen and oxygen atoms in total. The van der Waals surface area contributed by atoms with E-state index in [1.54, 1.807) is 0 Å². The molecule has 0 aromatic heterocycles. The van der Waals surface area contributed by atoms with Gasteiger partial charge in [-0.15, -0.1) is 0 Å². The second kappa shape index (κ2) is 15.9. The van der Waals surface area contributed by atoms with Gasteiger partial charge in [-0.2, -0.15) is 0 Å². The number of aliphatic hydroxyl groups is 1. The third-order valence-corrected chi connectivity index (χ3v) is 10.4. The summed E-state index contributed by atoms with van der Waals surface area (Å²) in [6.45, 7) is 5.40. The van der Waals surface area contributed by atoms with Crippen molar-refractivity contribution in [3.63, 3.8) is 0 Å². The lowest BCUT2D eigenvalue weighted by Crippen LogP contribution is -2.47. The van der Waals surface area contributed by atoms with E-state index in [9.17, 15) is 34.5 Å². The molecule has 4 aliphatic carbocycles. The molecule has 4 rings (SSSR count). The maximum Gasteiger partial charge on any atom is 0.307 e. The van der Waals surface area contributed by atoms with Crippen molar-refractivity contribution < 1.29 is 44.0 Å². The van der Waals surface area contributed by atoms with Crippen LogP contribution in [0.25, 0.3) is 0 Å². The Morgan fingerprint density at radius 1 is 0.614 bits per heavy atom. The van der Waals surface area contributed by atoms with Gasteiger partial charge in [-0.3, -0.25) is 19.2 Å². The smallest absolute Gasteiger partial charge is 0.307 e. The highest BCUT2D eigenvalue weighted by Crippen LogP contribution is 2.33. The number of carboxylic acids is 2. The summed E-state index contributed by atoms with van der Waals surface area (Å²) in [5.41, 5.74) is -0.166. The minimum absolute atomic E-state index is 0.0150. The van der Waals surface area contributed by atoms with Crippen molar-refractivity contribution in [1.29, 1.82) is 0 Å². The Morgan fingerprint density at radius 3 is 1.50 bits per heavy atom. The van der Waals surface area contributed by atoms with E-state index in [1.165, 1.54) is 0 Å². The van der Waals surface area contributed by atoms with E-state index in [0.29, 0.717) is 38.9 Å². The Balaban J connectivity index is 1.10. The van der Waals surface area contributed by atoms with Crippen molar-refractivity contribution in [2.75, 3.05) is 13.2 Å². The van der Waals surface area contributed by atoms with Gasteiger partial charge >= 0.3 is 11.9 Å². The molecule has 2 amide bonds. The monoisotopic (exact) mass is 622 g/mol. The van der Waals surface area contributed by atoms with E-state index in [2.05, 4.69) is 24.5 Å². The number of aliphatic carboxylic acids is 2. The lowest BCUT2D eigenvalue weighted by molar-refractivity contribution is -0.151. The zero-order valence-corrected chi connectivity index (χ0v) is 26.5. The van der Waals surface area contributed by atoms with Crippen LogP contribution >= 0.6 is 0 Å². The number of ether oxygens (including phenoxy) is 2. The summed E-state index contributed by atoms with van der Waals surface area (Å²) in [4.78, 5) is 48.9. The molecule has 250 valence electrons. The summed E-state index contributed by atoms with van der Waals surface area (Å²) < 4.78 is 12.6. The van der Waals surface area contributed by atoms with Gasteiger partial charge in [0.1, 0.15) is 0 Å². The van der Waals surface area contributed by atoms with Gasteiger partial charge in [0.2, 0.25) is 11.8 Å². The van der Waals surface area contributed by atoms with Crippen molar-refractivity contribution in [3.8, 4) is 0 Å². The first-order valence-electron chi connectivity index (χ1n) is 16.9. The van der Waals surface area contributed by atoms with Crippen LogP contribution in [0.5, 0.6) is 0 Å². The minimum atomic E-state index is -1.02. The van der Waals surface area contributed by atoms with Gasteiger partial charge < -0.3 is 35.4 Å². The van der Waals surface area contributed by atoms with Gasteiger partial charge in [0, 0.05) is 17.5 Å². The lowest BCUT2D eigenvalue weighted by atomic mass is 9.77. The molecule has 0 radical (unpaired) electrons. The number of hydrogen-bond donors (Lipinski definition) is 5. The molecular weight excluding hydrogens is 568 g/mol. The number of hydrogen-bond acceptors (Lipinski definition) is 7. The van der Waals surface area contributed by atoms with Gasteiger partial charge in [0.25, 0.3) is 0 Å². The fourth-order valence-electron chi connectivity index (χ4n) is 7.57. The molecule has 0 bridgehead atoms. The fraction of sp³-hybridized carbons (Fsp3) is 0.879. The van der Waals surface area contributed by atoms with Crippen LogP contribution in [0.15, 0.2) is 0 Å². The molecule has 5 atom stereocenters. The topological polar surface area (TPSA) is 171 Å². The lowest BCUT2D eigenvalue weighted by Gasteiger charge is -2.36. The summed E-state index contributed by atoms with van der Waals surface area (Å²) in [7, 11) is 0. The van der Waals surface area contributed by atoms with E-state index in [1.807, 2.05) is 0 Å². The predicted octanol–water partition coefficient (Wildman–Crippen LogP) is 3.65. The van der Waals surface area contributed by atoms with Crippen LogP contribution in [0.3, 0.4) is 0 Å². The van der Waals surface area contributed by atoms with Crippen LogP contribution in [0.4, 0.5) is 0 Å². The predicted molar refractivity (Wildman–Crippen MR) is 162 cm³/mol. The second-order valence-corrected chi connectivity index (χ2v) is 14.6. The average Bonchev–Trinajstić information content (AvgIpc) is 3.00. The molecular formula is C33H54N2O9. The van der Waals surface area contributed by atoms with Gasteiger partial charge in [-0.05, 0) is 83.5 Å². The van der Waals surface area contributed by atoms with Gasteiger partial charge in [0.05, 0.1) is 55.2 Å². The molecule has 0 aromatic carbocycles. The Labute approximate surface area is 261 Å². The van der Waals surface area contributed by atoms with Crippen molar-refractivity contribution in [3.05, 3.63) is 0 Å². The van der Waals surface area contributed by atoms with Crippen LogP contribution in [0.1, 0.15) is 110 Å². The number of rotatable bonds is 12. The van der Waals surface area contributed by atoms with E-state index >= 15 is 0 Å². The maximum absolute atomic E-state index is 12.9. The first-order valence-corrected chi connectivity index (χ1v) is 16.9. The molecule has 0 spiro atoms. The number of aliphatic hydroxyl groups excluding tert-OH is 1.